The van der Waals surface area contributed by atoms with E-state index < -0.39 is 0 Å². The molecule has 2 aromatic rings. The van der Waals surface area contributed by atoms with E-state index in [4.69, 9.17) is 22.1 Å². The van der Waals surface area contributed by atoms with E-state index in [0.29, 0.717) is 28.7 Å². The quantitative estimate of drug-likeness (QED) is 0.933. The molecular formula is C14H16ClN3O. The molecule has 100 valence electrons. The Labute approximate surface area is 117 Å². The first-order valence-electron chi connectivity index (χ1n) is 6.06. The molecule has 0 aliphatic carbocycles. The van der Waals surface area contributed by atoms with Crippen molar-refractivity contribution in [2.45, 2.75) is 26.4 Å². The van der Waals surface area contributed by atoms with Gasteiger partial charge in [-0.05, 0) is 31.5 Å². The summed E-state index contributed by atoms with van der Waals surface area (Å²) in [5, 5.41) is 0.599. The highest BCUT2D eigenvalue weighted by atomic mass is 35.5. The molecule has 0 bridgehead atoms. The smallest absolute Gasteiger partial charge is 0.138 e. The number of nitrogens with zero attached hydrogens (tertiary/aromatic N) is 2. The molecule has 5 heteroatoms. The second-order valence-corrected chi connectivity index (χ2v) is 4.95. The third kappa shape index (κ3) is 3.83. The molecule has 1 heterocycles. The van der Waals surface area contributed by atoms with E-state index in [-0.39, 0.29) is 6.10 Å². The van der Waals surface area contributed by atoms with E-state index in [1.807, 2.05) is 32.0 Å². The van der Waals surface area contributed by atoms with Gasteiger partial charge < -0.3 is 10.5 Å². The zero-order chi connectivity index (χ0) is 13.8. The molecule has 0 radical (unpaired) electrons. The molecule has 1 aromatic carbocycles. The fourth-order valence-corrected chi connectivity index (χ4v) is 1.89. The van der Waals surface area contributed by atoms with Crippen LogP contribution in [0.5, 0.6) is 5.75 Å². The fraction of sp³-hybridized carbons (Fsp3) is 0.286. The number of ether oxygens (including phenoxy) is 1. The number of rotatable bonds is 4. The summed E-state index contributed by atoms with van der Waals surface area (Å²) in [7, 11) is 0. The minimum Gasteiger partial charge on any atom is -0.489 e. The molecule has 2 N–H and O–H groups in total. The Hall–Kier alpha value is -1.81. The standard InChI is InChI=1S/C14H16ClN3O/c1-9(2)19-13-4-3-10(5-12(13)15)6-14-17-7-11(16)8-18-14/h3-5,7-9H,6,16H2,1-2H3. The maximum atomic E-state index is 6.18. The second kappa shape index (κ2) is 5.89. The minimum absolute atomic E-state index is 0.101. The first kappa shape index (κ1) is 13.6. The molecule has 0 saturated carbocycles. The van der Waals surface area contributed by atoms with Crippen molar-refractivity contribution in [3.8, 4) is 5.75 Å². The maximum absolute atomic E-state index is 6.18. The molecule has 0 unspecified atom stereocenters. The Morgan fingerprint density at radius 2 is 1.95 bits per heavy atom. The Bertz CT molecular complexity index is 555. The third-order valence-electron chi connectivity index (χ3n) is 2.45. The van der Waals surface area contributed by atoms with E-state index in [1.54, 1.807) is 12.4 Å². The van der Waals surface area contributed by atoms with Gasteiger partial charge >= 0.3 is 0 Å². The highest BCUT2D eigenvalue weighted by Gasteiger charge is 2.06. The van der Waals surface area contributed by atoms with E-state index in [0.717, 1.165) is 5.56 Å². The van der Waals surface area contributed by atoms with Crippen LogP contribution in [0.3, 0.4) is 0 Å². The van der Waals surface area contributed by atoms with Crippen molar-refractivity contribution in [3.05, 3.63) is 47.0 Å². The van der Waals surface area contributed by atoms with Gasteiger partial charge in [-0.25, -0.2) is 9.97 Å². The number of nitrogen functional groups attached to an aromatic ring is 1. The average molecular weight is 278 g/mol. The molecule has 1 aromatic heterocycles. The van der Waals surface area contributed by atoms with E-state index in [1.165, 1.54) is 0 Å². The zero-order valence-electron chi connectivity index (χ0n) is 10.9. The largest absolute Gasteiger partial charge is 0.489 e. The maximum Gasteiger partial charge on any atom is 0.138 e. The lowest BCUT2D eigenvalue weighted by Gasteiger charge is -2.12. The number of halogens is 1. The molecule has 0 aliphatic heterocycles. The average Bonchev–Trinajstić information content (AvgIpc) is 2.35. The van der Waals surface area contributed by atoms with Crippen LogP contribution in [-0.2, 0) is 6.42 Å². The van der Waals surface area contributed by atoms with Gasteiger partial charge in [-0.15, -0.1) is 0 Å². The summed E-state index contributed by atoms with van der Waals surface area (Å²) in [6, 6.07) is 5.71. The van der Waals surface area contributed by atoms with Gasteiger partial charge in [-0.1, -0.05) is 17.7 Å². The van der Waals surface area contributed by atoms with E-state index >= 15 is 0 Å². The Kier molecular flexibility index (Phi) is 4.22. The molecule has 4 nitrogen and oxygen atoms in total. The lowest BCUT2D eigenvalue weighted by molar-refractivity contribution is 0.242. The molecule has 19 heavy (non-hydrogen) atoms. The molecule has 0 amide bonds. The van der Waals surface area contributed by atoms with Gasteiger partial charge in [0.2, 0.25) is 0 Å². The van der Waals surface area contributed by atoms with Gasteiger partial charge in [0.15, 0.2) is 0 Å². The number of hydrogen-bond acceptors (Lipinski definition) is 4. The summed E-state index contributed by atoms with van der Waals surface area (Å²) in [4.78, 5) is 8.33. The van der Waals surface area contributed by atoms with Crippen molar-refractivity contribution < 1.29 is 4.74 Å². The van der Waals surface area contributed by atoms with Crippen LogP contribution in [0.2, 0.25) is 5.02 Å². The first-order chi connectivity index (χ1) is 9.04. The highest BCUT2D eigenvalue weighted by Crippen LogP contribution is 2.27. The summed E-state index contributed by atoms with van der Waals surface area (Å²) in [5.41, 5.74) is 7.14. The molecule has 0 atom stereocenters. The molecular weight excluding hydrogens is 262 g/mol. The number of anilines is 1. The lowest BCUT2D eigenvalue weighted by atomic mass is 10.1. The van der Waals surface area contributed by atoms with Crippen molar-refractivity contribution in [1.82, 2.24) is 9.97 Å². The van der Waals surface area contributed by atoms with Crippen LogP contribution in [0.15, 0.2) is 30.6 Å². The number of aromatic nitrogens is 2. The van der Waals surface area contributed by atoms with Gasteiger partial charge in [0, 0.05) is 6.42 Å². The van der Waals surface area contributed by atoms with E-state index in [9.17, 15) is 0 Å². The van der Waals surface area contributed by atoms with Gasteiger partial charge in [0.25, 0.3) is 0 Å². The Morgan fingerprint density at radius 3 is 2.53 bits per heavy atom. The van der Waals surface area contributed by atoms with Crippen molar-refractivity contribution >= 4 is 17.3 Å². The molecule has 0 spiro atoms. The van der Waals surface area contributed by atoms with Crippen LogP contribution in [-0.4, -0.2) is 16.1 Å². The van der Waals surface area contributed by atoms with Crippen molar-refractivity contribution in [1.29, 1.82) is 0 Å². The van der Waals surface area contributed by atoms with E-state index in [2.05, 4.69) is 9.97 Å². The SMILES string of the molecule is CC(C)Oc1ccc(Cc2ncc(N)cn2)cc1Cl. The van der Waals surface area contributed by atoms with Gasteiger partial charge in [-0.2, -0.15) is 0 Å². The van der Waals surface area contributed by atoms with Crippen molar-refractivity contribution in [2.75, 3.05) is 5.73 Å². The van der Waals surface area contributed by atoms with Crippen LogP contribution >= 0.6 is 11.6 Å². The highest BCUT2D eigenvalue weighted by molar-refractivity contribution is 6.32. The number of hydrogen-bond donors (Lipinski definition) is 1. The predicted molar refractivity (Wildman–Crippen MR) is 76.5 cm³/mol. The predicted octanol–water partition coefficient (Wildman–Crippen LogP) is 3.09. The molecule has 0 fully saturated rings. The van der Waals surface area contributed by atoms with Gasteiger partial charge in [0.1, 0.15) is 11.6 Å². The normalized spacial score (nSPS) is 10.7. The molecule has 0 saturated heterocycles. The second-order valence-electron chi connectivity index (χ2n) is 4.54. The van der Waals surface area contributed by atoms with Crippen LogP contribution in [0.1, 0.15) is 25.2 Å². The van der Waals surface area contributed by atoms with Crippen LogP contribution in [0.25, 0.3) is 0 Å². The Balaban J connectivity index is 2.13. The van der Waals surface area contributed by atoms with Crippen LogP contribution < -0.4 is 10.5 Å². The summed E-state index contributed by atoms with van der Waals surface area (Å²) >= 11 is 6.18. The van der Waals surface area contributed by atoms with Crippen molar-refractivity contribution in [3.63, 3.8) is 0 Å². The van der Waals surface area contributed by atoms with Gasteiger partial charge in [0.05, 0.1) is 29.2 Å². The van der Waals surface area contributed by atoms with Crippen molar-refractivity contribution in [2.24, 2.45) is 0 Å². The van der Waals surface area contributed by atoms with Crippen LogP contribution in [0.4, 0.5) is 5.69 Å². The first-order valence-corrected chi connectivity index (χ1v) is 6.44. The Morgan fingerprint density at radius 1 is 1.26 bits per heavy atom. The van der Waals surface area contributed by atoms with Crippen LogP contribution in [0, 0.1) is 0 Å². The number of benzene rings is 1. The summed E-state index contributed by atoms with van der Waals surface area (Å²) < 4.78 is 5.59. The zero-order valence-corrected chi connectivity index (χ0v) is 11.7. The molecule has 2 rings (SSSR count). The fourth-order valence-electron chi connectivity index (χ4n) is 1.64. The topological polar surface area (TPSA) is 61.0 Å². The van der Waals surface area contributed by atoms with Gasteiger partial charge in [-0.3, -0.25) is 0 Å². The molecule has 0 aliphatic rings. The summed E-state index contributed by atoms with van der Waals surface area (Å²) in [6.45, 7) is 3.93. The third-order valence-corrected chi connectivity index (χ3v) is 2.74. The lowest BCUT2D eigenvalue weighted by Crippen LogP contribution is -2.06. The summed E-state index contributed by atoms with van der Waals surface area (Å²) in [5.74, 6) is 1.40. The number of nitrogens with two attached hydrogens (primary N) is 1. The monoisotopic (exact) mass is 277 g/mol. The minimum atomic E-state index is 0.101. The summed E-state index contributed by atoms with van der Waals surface area (Å²) in [6.07, 6.45) is 3.91.